The number of piperidine rings is 1. The smallest absolute Gasteiger partial charge is 0.222 e. The lowest BCUT2D eigenvalue weighted by Gasteiger charge is -2.34. The number of carbonyl (C=O) groups excluding carboxylic acids is 1. The van der Waals surface area contributed by atoms with Crippen molar-refractivity contribution in [2.24, 2.45) is 11.7 Å². The largest absolute Gasteiger partial charge is 0.496 e. The molecule has 1 aliphatic rings. The van der Waals surface area contributed by atoms with Crippen molar-refractivity contribution < 1.29 is 9.53 Å². The van der Waals surface area contributed by atoms with Gasteiger partial charge >= 0.3 is 0 Å². The molecular weight excluding hydrogens is 344 g/mol. The van der Waals surface area contributed by atoms with Crippen molar-refractivity contribution in [3.05, 3.63) is 28.2 Å². The number of methoxy groups -OCH3 is 1. The summed E-state index contributed by atoms with van der Waals surface area (Å²) < 4.78 is 6.15. The van der Waals surface area contributed by atoms with E-state index in [0.29, 0.717) is 12.3 Å². The number of benzene rings is 1. The number of aryl methyl sites for hydroxylation is 1. The van der Waals surface area contributed by atoms with Gasteiger partial charge in [-0.1, -0.05) is 6.07 Å². The summed E-state index contributed by atoms with van der Waals surface area (Å²) in [6.07, 6.45) is 3.49. The van der Waals surface area contributed by atoms with Crippen LogP contribution in [0.4, 0.5) is 0 Å². The van der Waals surface area contributed by atoms with Crippen molar-refractivity contribution in [1.29, 1.82) is 0 Å². The van der Waals surface area contributed by atoms with Crippen molar-refractivity contribution >= 4 is 21.8 Å². The molecule has 2 rings (SSSR count). The van der Waals surface area contributed by atoms with Gasteiger partial charge in [0.2, 0.25) is 5.91 Å². The van der Waals surface area contributed by atoms with Gasteiger partial charge in [-0.25, -0.2) is 0 Å². The van der Waals surface area contributed by atoms with E-state index in [1.165, 1.54) is 0 Å². The second-order valence-electron chi connectivity index (χ2n) is 6.07. The van der Waals surface area contributed by atoms with E-state index in [-0.39, 0.29) is 11.9 Å². The Morgan fingerprint density at radius 1 is 1.55 bits per heavy atom. The maximum Gasteiger partial charge on any atom is 0.222 e. The highest BCUT2D eigenvalue weighted by molar-refractivity contribution is 9.10. The van der Waals surface area contributed by atoms with Crippen LogP contribution in [-0.2, 0) is 11.2 Å². The number of likely N-dealkylation sites (tertiary alicyclic amines) is 1. The van der Waals surface area contributed by atoms with Gasteiger partial charge in [0.1, 0.15) is 5.75 Å². The Morgan fingerprint density at radius 2 is 2.32 bits per heavy atom. The lowest BCUT2D eigenvalue weighted by molar-refractivity contribution is -0.133. The number of hydrogen-bond acceptors (Lipinski definition) is 3. The molecule has 2 N–H and O–H groups in total. The number of amides is 1. The molecule has 1 aliphatic heterocycles. The van der Waals surface area contributed by atoms with Crippen LogP contribution in [0, 0.1) is 5.92 Å². The van der Waals surface area contributed by atoms with Crippen LogP contribution in [0.5, 0.6) is 5.75 Å². The third kappa shape index (κ3) is 4.46. The first-order valence-electron chi connectivity index (χ1n) is 7.87. The number of ether oxygens (including phenoxy) is 1. The Hall–Kier alpha value is -1.07. The first-order valence-corrected chi connectivity index (χ1v) is 8.66. The molecule has 0 saturated carbocycles. The van der Waals surface area contributed by atoms with Crippen LogP contribution in [0.2, 0.25) is 0 Å². The van der Waals surface area contributed by atoms with E-state index in [2.05, 4.69) is 15.9 Å². The Morgan fingerprint density at radius 3 is 2.95 bits per heavy atom. The molecule has 122 valence electrons. The number of nitrogens with zero attached hydrogens (tertiary/aromatic N) is 1. The average molecular weight is 369 g/mol. The Balaban J connectivity index is 1.88. The van der Waals surface area contributed by atoms with Crippen LogP contribution in [-0.4, -0.2) is 37.0 Å². The molecule has 0 aromatic heterocycles. The second-order valence-corrected chi connectivity index (χ2v) is 6.92. The monoisotopic (exact) mass is 368 g/mol. The van der Waals surface area contributed by atoms with Crippen LogP contribution in [0.3, 0.4) is 0 Å². The van der Waals surface area contributed by atoms with Crippen LogP contribution in [0.25, 0.3) is 0 Å². The molecule has 0 radical (unpaired) electrons. The van der Waals surface area contributed by atoms with E-state index >= 15 is 0 Å². The van der Waals surface area contributed by atoms with E-state index in [0.717, 1.165) is 48.1 Å². The average Bonchev–Trinajstić information content (AvgIpc) is 2.52. The minimum atomic E-state index is 0.160. The van der Waals surface area contributed by atoms with Gasteiger partial charge in [0.25, 0.3) is 0 Å². The fourth-order valence-corrected chi connectivity index (χ4v) is 3.53. The van der Waals surface area contributed by atoms with Crippen LogP contribution < -0.4 is 10.5 Å². The van der Waals surface area contributed by atoms with Gasteiger partial charge in [0, 0.05) is 25.6 Å². The van der Waals surface area contributed by atoms with Gasteiger partial charge in [-0.15, -0.1) is 0 Å². The Labute approximate surface area is 141 Å². The molecule has 0 aliphatic carbocycles. The van der Waals surface area contributed by atoms with Crippen molar-refractivity contribution in [3.63, 3.8) is 0 Å². The summed E-state index contributed by atoms with van der Waals surface area (Å²) in [4.78, 5) is 14.4. The summed E-state index contributed by atoms with van der Waals surface area (Å²) in [6.45, 7) is 3.71. The molecule has 1 saturated heterocycles. The predicted octanol–water partition coefficient (Wildman–Crippen LogP) is 2.98. The lowest BCUT2D eigenvalue weighted by Crippen LogP contribution is -2.45. The Kier molecular flexibility index (Phi) is 6.26. The number of carbonyl (C=O) groups is 1. The zero-order chi connectivity index (χ0) is 16.1. The van der Waals surface area contributed by atoms with Crippen molar-refractivity contribution in [2.45, 2.75) is 38.6 Å². The quantitative estimate of drug-likeness (QED) is 0.868. The SMILES string of the molecule is COc1ccc(CCC(=O)N2CCC[C@@H]([C@@H](C)N)C2)cc1Br. The Bertz CT molecular complexity index is 519. The zero-order valence-electron chi connectivity index (χ0n) is 13.3. The van der Waals surface area contributed by atoms with E-state index in [9.17, 15) is 4.79 Å². The molecule has 1 fully saturated rings. The molecule has 1 amide bonds. The maximum absolute atomic E-state index is 12.4. The molecular formula is C17H25BrN2O2. The second kappa shape index (κ2) is 7.97. The lowest BCUT2D eigenvalue weighted by atomic mass is 9.92. The van der Waals surface area contributed by atoms with Gasteiger partial charge in [-0.05, 0) is 65.7 Å². The van der Waals surface area contributed by atoms with Crippen molar-refractivity contribution in [3.8, 4) is 5.75 Å². The summed E-state index contributed by atoms with van der Waals surface area (Å²) in [5.41, 5.74) is 7.12. The van der Waals surface area contributed by atoms with Gasteiger partial charge in [0.05, 0.1) is 11.6 Å². The van der Waals surface area contributed by atoms with Crippen LogP contribution >= 0.6 is 15.9 Å². The highest BCUT2D eigenvalue weighted by Crippen LogP contribution is 2.26. The number of nitrogens with two attached hydrogens (primary N) is 1. The fourth-order valence-electron chi connectivity index (χ4n) is 2.94. The van der Waals surface area contributed by atoms with E-state index < -0.39 is 0 Å². The third-order valence-electron chi connectivity index (χ3n) is 4.40. The molecule has 1 aromatic rings. The minimum Gasteiger partial charge on any atom is -0.496 e. The molecule has 2 atom stereocenters. The first-order chi connectivity index (χ1) is 10.5. The highest BCUT2D eigenvalue weighted by Gasteiger charge is 2.25. The summed E-state index contributed by atoms with van der Waals surface area (Å²) in [7, 11) is 1.65. The normalized spacial score (nSPS) is 19.8. The van der Waals surface area contributed by atoms with Crippen molar-refractivity contribution in [2.75, 3.05) is 20.2 Å². The number of halogens is 1. The zero-order valence-corrected chi connectivity index (χ0v) is 14.9. The molecule has 0 spiro atoms. The van der Waals surface area contributed by atoms with E-state index in [1.807, 2.05) is 30.0 Å². The predicted molar refractivity (Wildman–Crippen MR) is 92.0 cm³/mol. The molecule has 4 nitrogen and oxygen atoms in total. The topological polar surface area (TPSA) is 55.6 Å². The molecule has 0 unspecified atom stereocenters. The van der Waals surface area contributed by atoms with E-state index in [1.54, 1.807) is 7.11 Å². The van der Waals surface area contributed by atoms with Crippen LogP contribution in [0.1, 0.15) is 31.7 Å². The third-order valence-corrected chi connectivity index (χ3v) is 5.02. The van der Waals surface area contributed by atoms with Gasteiger partial charge in [-0.3, -0.25) is 4.79 Å². The molecule has 1 aromatic carbocycles. The maximum atomic E-state index is 12.4. The van der Waals surface area contributed by atoms with Crippen LogP contribution in [0.15, 0.2) is 22.7 Å². The standard InChI is InChI=1S/C17H25BrN2O2/c1-12(19)14-4-3-9-20(11-14)17(21)8-6-13-5-7-16(22-2)15(18)10-13/h5,7,10,12,14H,3-4,6,8-9,11,19H2,1-2H3/t12-,14-/m1/s1. The van der Waals surface area contributed by atoms with E-state index in [4.69, 9.17) is 10.5 Å². The van der Waals surface area contributed by atoms with Crippen molar-refractivity contribution in [1.82, 2.24) is 4.90 Å². The summed E-state index contributed by atoms with van der Waals surface area (Å²) in [5, 5.41) is 0. The minimum absolute atomic E-state index is 0.160. The summed E-state index contributed by atoms with van der Waals surface area (Å²) >= 11 is 3.48. The number of rotatable bonds is 5. The molecule has 5 heteroatoms. The highest BCUT2D eigenvalue weighted by atomic mass is 79.9. The van der Waals surface area contributed by atoms with Gasteiger partial charge in [-0.2, -0.15) is 0 Å². The number of hydrogen-bond donors (Lipinski definition) is 1. The first kappa shape index (κ1) is 17.3. The summed E-state index contributed by atoms with van der Waals surface area (Å²) in [6, 6.07) is 6.12. The van der Waals surface area contributed by atoms with Gasteiger partial charge < -0.3 is 15.4 Å². The fraction of sp³-hybridized carbons (Fsp3) is 0.588. The molecule has 0 bridgehead atoms. The van der Waals surface area contributed by atoms with Gasteiger partial charge in [0.15, 0.2) is 0 Å². The summed E-state index contributed by atoms with van der Waals surface area (Å²) in [5.74, 6) is 1.48. The molecule has 22 heavy (non-hydrogen) atoms. The molecule has 1 heterocycles.